The summed E-state index contributed by atoms with van der Waals surface area (Å²) in [6.45, 7) is 3.98. The Hall–Kier alpha value is -2.76. The molecule has 1 heterocycles. The first-order valence-electron chi connectivity index (χ1n) is 10.7. The molecule has 0 radical (unpaired) electrons. The number of halogens is 1. The summed E-state index contributed by atoms with van der Waals surface area (Å²) >= 11 is 6.51. The van der Waals surface area contributed by atoms with Gasteiger partial charge in [0.15, 0.2) is 0 Å². The average molecular weight is 465 g/mol. The molecule has 32 heavy (non-hydrogen) atoms. The van der Waals surface area contributed by atoms with Crippen molar-refractivity contribution in [2.45, 2.75) is 37.1 Å². The van der Waals surface area contributed by atoms with E-state index in [1.165, 1.54) is 0 Å². The van der Waals surface area contributed by atoms with Gasteiger partial charge in [-0.25, -0.2) is 8.42 Å². The van der Waals surface area contributed by atoms with E-state index < -0.39 is 10.0 Å². The number of rotatable bonds is 4. The molecule has 1 aliphatic heterocycles. The van der Waals surface area contributed by atoms with Crippen LogP contribution >= 0.6 is 11.6 Å². The lowest BCUT2D eigenvalue weighted by molar-refractivity contribution is 0.425. The SMILES string of the molecule is Cc1ccc(NS(=O)(=O)c2ccc3c(c2)C2C=CCC2C(c2ccccc2Cl)N3)cc1C. The van der Waals surface area contributed by atoms with E-state index in [2.05, 4.69) is 28.3 Å². The zero-order valence-corrected chi connectivity index (χ0v) is 19.5. The Labute approximate surface area is 194 Å². The van der Waals surface area contributed by atoms with Crippen LogP contribution in [-0.2, 0) is 10.0 Å². The standard InChI is InChI=1S/C26H25ClN2O2S/c1-16-10-11-18(14-17(16)2)29-32(30,31)19-12-13-25-23(15-19)20-7-5-8-21(20)26(28-25)22-6-3-4-9-24(22)27/h3-7,9-15,20-21,26,28-29H,8H2,1-2H3. The molecule has 0 amide bonds. The number of benzene rings is 3. The fourth-order valence-electron chi connectivity index (χ4n) is 4.79. The number of aryl methyl sites for hydroxylation is 2. The highest BCUT2D eigenvalue weighted by molar-refractivity contribution is 7.92. The first-order chi connectivity index (χ1) is 15.3. The van der Waals surface area contributed by atoms with Crippen molar-refractivity contribution in [3.63, 3.8) is 0 Å². The lowest BCUT2D eigenvalue weighted by atomic mass is 9.77. The second kappa shape index (κ2) is 7.98. The van der Waals surface area contributed by atoms with E-state index in [-0.39, 0.29) is 22.8 Å². The number of hydrogen-bond acceptors (Lipinski definition) is 3. The molecule has 3 atom stereocenters. The molecule has 0 bridgehead atoms. The second-order valence-corrected chi connectivity index (χ2v) is 10.7. The van der Waals surface area contributed by atoms with Crippen molar-refractivity contribution in [1.82, 2.24) is 0 Å². The van der Waals surface area contributed by atoms with Gasteiger partial charge in [-0.15, -0.1) is 0 Å². The normalized spacial score (nSPS) is 21.5. The lowest BCUT2D eigenvalue weighted by Crippen LogP contribution is -2.29. The van der Waals surface area contributed by atoms with E-state index in [9.17, 15) is 8.42 Å². The summed E-state index contributed by atoms with van der Waals surface area (Å²) in [6, 6.07) is 18.9. The molecule has 0 aromatic heterocycles. The fourth-order valence-corrected chi connectivity index (χ4v) is 6.13. The van der Waals surface area contributed by atoms with Crippen LogP contribution in [0.1, 0.15) is 40.6 Å². The second-order valence-electron chi connectivity index (χ2n) is 8.65. The van der Waals surface area contributed by atoms with Crippen molar-refractivity contribution < 1.29 is 8.42 Å². The third kappa shape index (κ3) is 3.70. The van der Waals surface area contributed by atoms with Crippen LogP contribution < -0.4 is 10.0 Å². The Bertz CT molecular complexity index is 1330. The Morgan fingerprint density at radius 2 is 1.78 bits per heavy atom. The molecule has 164 valence electrons. The van der Waals surface area contributed by atoms with Gasteiger partial charge in [0.1, 0.15) is 0 Å². The van der Waals surface area contributed by atoms with E-state index in [0.29, 0.717) is 5.69 Å². The van der Waals surface area contributed by atoms with Gasteiger partial charge in [-0.1, -0.05) is 48.0 Å². The van der Waals surface area contributed by atoms with Crippen molar-refractivity contribution in [3.05, 3.63) is 100 Å². The van der Waals surface area contributed by atoms with Crippen LogP contribution in [0.5, 0.6) is 0 Å². The Balaban J connectivity index is 1.49. The fraction of sp³-hybridized carbons (Fsp3) is 0.231. The molecule has 0 saturated carbocycles. The number of hydrogen-bond donors (Lipinski definition) is 2. The topological polar surface area (TPSA) is 58.2 Å². The zero-order chi connectivity index (χ0) is 22.5. The maximum atomic E-state index is 13.1. The average Bonchev–Trinajstić information content (AvgIpc) is 3.26. The van der Waals surface area contributed by atoms with Gasteiger partial charge in [0.25, 0.3) is 10.0 Å². The molecule has 2 N–H and O–H groups in total. The minimum Gasteiger partial charge on any atom is -0.378 e. The van der Waals surface area contributed by atoms with Crippen molar-refractivity contribution in [1.29, 1.82) is 0 Å². The van der Waals surface area contributed by atoms with Crippen molar-refractivity contribution in [2.75, 3.05) is 10.0 Å². The lowest BCUT2D eigenvalue weighted by Gasteiger charge is -2.38. The van der Waals surface area contributed by atoms with Gasteiger partial charge in [0.2, 0.25) is 0 Å². The van der Waals surface area contributed by atoms with Gasteiger partial charge in [-0.3, -0.25) is 4.72 Å². The van der Waals surface area contributed by atoms with Crippen LogP contribution in [0.2, 0.25) is 5.02 Å². The van der Waals surface area contributed by atoms with Crippen molar-refractivity contribution in [3.8, 4) is 0 Å². The third-order valence-corrected chi connectivity index (χ3v) is 8.37. The van der Waals surface area contributed by atoms with Gasteiger partial charge >= 0.3 is 0 Å². The molecule has 0 saturated heterocycles. The number of fused-ring (bicyclic) bond motifs is 3. The molecule has 5 rings (SSSR count). The van der Waals surface area contributed by atoms with E-state index in [0.717, 1.165) is 39.4 Å². The van der Waals surface area contributed by atoms with E-state index in [4.69, 9.17) is 11.6 Å². The van der Waals surface area contributed by atoms with Crippen LogP contribution in [0.25, 0.3) is 0 Å². The van der Waals surface area contributed by atoms with Crippen molar-refractivity contribution in [2.24, 2.45) is 5.92 Å². The maximum Gasteiger partial charge on any atom is 0.261 e. The molecule has 2 aliphatic rings. The Kier molecular flexibility index (Phi) is 5.26. The molecule has 1 aliphatic carbocycles. The summed E-state index contributed by atoms with van der Waals surface area (Å²) < 4.78 is 29.0. The highest BCUT2D eigenvalue weighted by Gasteiger charge is 2.39. The number of nitrogens with one attached hydrogen (secondary N) is 2. The van der Waals surface area contributed by atoms with Gasteiger partial charge in [0, 0.05) is 22.3 Å². The molecule has 6 heteroatoms. The van der Waals surface area contributed by atoms with Crippen LogP contribution in [0, 0.1) is 19.8 Å². The molecular formula is C26H25ClN2O2S. The molecule has 0 spiro atoms. The maximum absolute atomic E-state index is 13.1. The summed E-state index contributed by atoms with van der Waals surface area (Å²) in [6.07, 6.45) is 5.30. The van der Waals surface area contributed by atoms with Gasteiger partial charge in [0.05, 0.1) is 10.9 Å². The number of allylic oxidation sites excluding steroid dienone is 2. The molecule has 3 aromatic rings. The van der Waals surface area contributed by atoms with E-state index in [1.54, 1.807) is 12.1 Å². The number of sulfonamides is 1. The van der Waals surface area contributed by atoms with Gasteiger partial charge < -0.3 is 5.32 Å². The van der Waals surface area contributed by atoms with Crippen LogP contribution in [0.3, 0.4) is 0 Å². The summed E-state index contributed by atoms with van der Waals surface area (Å²) in [4.78, 5) is 0.270. The Morgan fingerprint density at radius 1 is 0.969 bits per heavy atom. The zero-order valence-electron chi connectivity index (χ0n) is 18.0. The molecule has 3 unspecified atom stereocenters. The molecule has 4 nitrogen and oxygen atoms in total. The largest absolute Gasteiger partial charge is 0.378 e. The van der Waals surface area contributed by atoms with Crippen LogP contribution in [-0.4, -0.2) is 8.42 Å². The minimum atomic E-state index is -3.70. The van der Waals surface area contributed by atoms with Gasteiger partial charge in [-0.2, -0.15) is 0 Å². The predicted molar refractivity (Wildman–Crippen MR) is 131 cm³/mol. The minimum absolute atomic E-state index is 0.0762. The highest BCUT2D eigenvalue weighted by Crippen LogP contribution is 2.51. The van der Waals surface area contributed by atoms with E-state index in [1.807, 2.05) is 56.3 Å². The first-order valence-corrected chi connectivity index (χ1v) is 12.6. The third-order valence-electron chi connectivity index (χ3n) is 6.64. The van der Waals surface area contributed by atoms with Crippen LogP contribution in [0.15, 0.2) is 77.7 Å². The monoisotopic (exact) mass is 464 g/mol. The summed E-state index contributed by atoms with van der Waals surface area (Å²) in [5.74, 6) is 0.428. The molecule has 3 aromatic carbocycles. The van der Waals surface area contributed by atoms with Crippen LogP contribution in [0.4, 0.5) is 11.4 Å². The number of anilines is 2. The summed E-state index contributed by atoms with van der Waals surface area (Å²) in [5, 5.41) is 4.37. The van der Waals surface area contributed by atoms with E-state index >= 15 is 0 Å². The smallest absolute Gasteiger partial charge is 0.261 e. The van der Waals surface area contributed by atoms with Crippen molar-refractivity contribution >= 4 is 33.0 Å². The van der Waals surface area contributed by atoms with Gasteiger partial charge in [-0.05, 0) is 84.8 Å². The molecule has 0 fully saturated rings. The predicted octanol–water partition coefficient (Wildman–Crippen LogP) is 6.58. The first kappa shape index (κ1) is 21.1. The Morgan fingerprint density at radius 3 is 2.56 bits per heavy atom. The highest BCUT2D eigenvalue weighted by atomic mass is 35.5. The molecular weight excluding hydrogens is 440 g/mol. The summed E-state index contributed by atoms with van der Waals surface area (Å²) in [5.41, 5.74) is 5.78. The summed E-state index contributed by atoms with van der Waals surface area (Å²) in [7, 11) is -3.70. The quantitative estimate of drug-likeness (QED) is 0.428.